The SMILES string of the molecule is COc1cc(C)c(C(=O)C(F)(F)F)c(C)c1C. The van der Waals surface area contributed by atoms with Crippen molar-refractivity contribution in [3.8, 4) is 5.75 Å². The number of halogens is 3. The number of Topliss-reactive ketones (excluding diaryl/α,β-unsaturated/α-hetero) is 1. The predicted molar refractivity (Wildman–Crippen MR) is 57.6 cm³/mol. The summed E-state index contributed by atoms with van der Waals surface area (Å²) < 4.78 is 42.3. The first-order valence-electron chi connectivity index (χ1n) is 4.96. The molecule has 0 saturated heterocycles. The van der Waals surface area contributed by atoms with Gasteiger partial charge in [0, 0.05) is 5.56 Å². The van der Waals surface area contributed by atoms with E-state index in [1.165, 1.54) is 27.0 Å². The quantitative estimate of drug-likeness (QED) is 0.748. The third-order valence-corrected chi connectivity index (χ3v) is 2.75. The fraction of sp³-hybridized carbons (Fsp3) is 0.417. The number of alkyl halides is 3. The Kier molecular flexibility index (Phi) is 3.50. The van der Waals surface area contributed by atoms with Crippen molar-refractivity contribution in [2.24, 2.45) is 0 Å². The number of carbonyl (C=O) groups excluding carboxylic acids is 1. The monoisotopic (exact) mass is 246 g/mol. The van der Waals surface area contributed by atoms with Gasteiger partial charge in [0.25, 0.3) is 5.78 Å². The molecule has 0 aliphatic carbocycles. The molecule has 1 aromatic carbocycles. The summed E-state index contributed by atoms with van der Waals surface area (Å²) in [5.41, 5.74) is 0.845. The van der Waals surface area contributed by atoms with Crippen LogP contribution in [0, 0.1) is 20.8 Å². The molecule has 1 rings (SSSR count). The maximum atomic E-state index is 12.4. The van der Waals surface area contributed by atoms with Crippen molar-refractivity contribution in [1.82, 2.24) is 0 Å². The van der Waals surface area contributed by atoms with Crippen LogP contribution in [0.25, 0.3) is 0 Å². The number of ketones is 1. The zero-order valence-electron chi connectivity index (χ0n) is 10.0. The highest BCUT2D eigenvalue weighted by atomic mass is 19.4. The van der Waals surface area contributed by atoms with Gasteiger partial charge in [-0.2, -0.15) is 13.2 Å². The number of hydrogen-bond acceptors (Lipinski definition) is 2. The Labute approximate surface area is 97.4 Å². The van der Waals surface area contributed by atoms with Crippen LogP contribution in [0.4, 0.5) is 13.2 Å². The zero-order chi connectivity index (χ0) is 13.4. The molecule has 0 heterocycles. The Morgan fingerprint density at radius 2 is 1.71 bits per heavy atom. The van der Waals surface area contributed by atoms with Gasteiger partial charge in [0.2, 0.25) is 0 Å². The molecule has 0 aliphatic rings. The average Bonchev–Trinajstić information content (AvgIpc) is 2.22. The van der Waals surface area contributed by atoms with Gasteiger partial charge in [-0.05, 0) is 43.5 Å². The third-order valence-electron chi connectivity index (χ3n) is 2.75. The van der Waals surface area contributed by atoms with Gasteiger partial charge < -0.3 is 4.74 Å². The number of carbonyl (C=O) groups is 1. The molecule has 1 aromatic rings. The van der Waals surface area contributed by atoms with Crippen LogP contribution in [0.5, 0.6) is 5.75 Å². The number of rotatable bonds is 2. The lowest BCUT2D eigenvalue weighted by molar-refractivity contribution is -0.0886. The summed E-state index contributed by atoms with van der Waals surface area (Å²) in [4.78, 5) is 11.3. The van der Waals surface area contributed by atoms with Crippen LogP contribution in [0.1, 0.15) is 27.0 Å². The fourth-order valence-electron chi connectivity index (χ4n) is 1.75. The predicted octanol–water partition coefficient (Wildman–Crippen LogP) is 3.37. The van der Waals surface area contributed by atoms with Crippen LogP contribution in [0.15, 0.2) is 6.07 Å². The van der Waals surface area contributed by atoms with Crippen molar-refractivity contribution >= 4 is 5.78 Å². The molecule has 0 spiro atoms. The second-order valence-electron chi connectivity index (χ2n) is 3.85. The van der Waals surface area contributed by atoms with E-state index in [2.05, 4.69) is 0 Å². The Bertz CT molecular complexity index is 462. The lowest BCUT2D eigenvalue weighted by Crippen LogP contribution is -2.25. The molecule has 0 aliphatic heterocycles. The van der Waals surface area contributed by atoms with Gasteiger partial charge in [0.1, 0.15) is 5.75 Å². The van der Waals surface area contributed by atoms with E-state index in [9.17, 15) is 18.0 Å². The molecule has 0 amide bonds. The summed E-state index contributed by atoms with van der Waals surface area (Å²) in [6, 6.07) is 1.45. The summed E-state index contributed by atoms with van der Waals surface area (Å²) in [5, 5.41) is 0. The molecule has 0 saturated carbocycles. The van der Waals surface area contributed by atoms with Crippen molar-refractivity contribution in [3.63, 3.8) is 0 Å². The number of aryl methyl sites for hydroxylation is 1. The first kappa shape index (κ1) is 13.5. The van der Waals surface area contributed by atoms with Gasteiger partial charge in [0.15, 0.2) is 0 Å². The second kappa shape index (κ2) is 4.39. The highest BCUT2D eigenvalue weighted by molar-refractivity contribution is 6.03. The minimum absolute atomic E-state index is 0.271. The zero-order valence-corrected chi connectivity index (χ0v) is 10.0. The highest BCUT2D eigenvalue weighted by Crippen LogP contribution is 2.31. The van der Waals surface area contributed by atoms with Crippen LogP contribution in [0.2, 0.25) is 0 Å². The summed E-state index contributed by atoms with van der Waals surface area (Å²) in [6.07, 6.45) is -4.85. The molecule has 0 atom stereocenters. The average molecular weight is 246 g/mol. The number of ether oxygens (including phenoxy) is 1. The molecule has 0 fully saturated rings. The molecular formula is C12H13F3O2. The molecule has 0 N–H and O–H groups in total. The van der Waals surface area contributed by atoms with Gasteiger partial charge in [-0.25, -0.2) is 0 Å². The van der Waals surface area contributed by atoms with Gasteiger partial charge in [-0.3, -0.25) is 4.79 Å². The highest BCUT2D eigenvalue weighted by Gasteiger charge is 2.41. The largest absolute Gasteiger partial charge is 0.496 e. The van der Waals surface area contributed by atoms with Crippen molar-refractivity contribution in [2.75, 3.05) is 7.11 Å². The first-order chi connectivity index (χ1) is 7.70. The number of methoxy groups -OCH3 is 1. The summed E-state index contributed by atoms with van der Waals surface area (Å²) in [7, 11) is 1.44. The van der Waals surface area contributed by atoms with Crippen LogP contribution in [-0.2, 0) is 0 Å². The molecule has 5 heteroatoms. The number of benzene rings is 1. The van der Waals surface area contributed by atoms with Crippen LogP contribution in [0.3, 0.4) is 0 Å². The minimum atomic E-state index is -4.85. The van der Waals surface area contributed by atoms with E-state index in [4.69, 9.17) is 4.74 Å². The standard InChI is InChI=1S/C12H13F3O2/c1-6-5-9(17-4)7(2)8(3)10(6)11(16)12(13,14)15/h5H,1-4H3. The number of hydrogen-bond donors (Lipinski definition) is 0. The van der Waals surface area contributed by atoms with E-state index >= 15 is 0 Å². The van der Waals surface area contributed by atoms with Crippen LogP contribution >= 0.6 is 0 Å². The molecular weight excluding hydrogens is 233 g/mol. The van der Waals surface area contributed by atoms with Crippen molar-refractivity contribution in [2.45, 2.75) is 26.9 Å². The smallest absolute Gasteiger partial charge is 0.454 e. The van der Waals surface area contributed by atoms with E-state index in [0.717, 1.165) is 0 Å². The van der Waals surface area contributed by atoms with E-state index < -0.39 is 12.0 Å². The molecule has 94 valence electrons. The molecule has 0 radical (unpaired) electrons. The van der Waals surface area contributed by atoms with Gasteiger partial charge in [0.05, 0.1) is 7.11 Å². The lowest BCUT2D eigenvalue weighted by Gasteiger charge is -2.16. The Morgan fingerprint density at radius 3 is 2.12 bits per heavy atom. The Balaban J connectivity index is 3.47. The summed E-state index contributed by atoms with van der Waals surface area (Å²) in [5.74, 6) is -1.32. The maximum Gasteiger partial charge on any atom is 0.454 e. The van der Waals surface area contributed by atoms with Crippen LogP contribution in [-0.4, -0.2) is 19.1 Å². The summed E-state index contributed by atoms with van der Waals surface area (Å²) >= 11 is 0. The molecule has 2 nitrogen and oxygen atoms in total. The van der Waals surface area contributed by atoms with E-state index in [1.807, 2.05) is 0 Å². The van der Waals surface area contributed by atoms with Gasteiger partial charge >= 0.3 is 6.18 Å². The minimum Gasteiger partial charge on any atom is -0.496 e. The third kappa shape index (κ3) is 2.43. The van der Waals surface area contributed by atoms with E-state index in [-0.39, 0.29) is 11.1 Å². The topological polar surface area (TPSA) is 26.3 Å². The van der Waals surface area contributed by atoms with E-state index in [1.54, 1.807) is 6.92 Å². The van der Waals surface area contributed by atoms with E-state index in [0.29, 0.717) is 16.9 Å². The lowest BCUT2D eigenvalue weighted by atomic mass is 9.94. The normalized spacial score (nSPS) is 11.5. The molecule has 17 heavy (non-hydrogen) atoms. The van der Waals surface area contributed by atoms with Crippen molar-refractivity contribution in [1.29, 1.82) is 0 Å². The van der Waals surface area contributed by atoms with Gasteiger partial charge in [-0.1, -0.05) is 0 Å². The molecule has 0 bridgehead atoms. The Morgan fingerprint density at radius 1 is 1.18 bits per heavy atom. The van der Waals surface area contributed by atoms with Gasteiger partial charge in [-0.15, -0.1) is 0 Å². The first-order valence-corrected chi connectivity index (χ1v) is 4.96. The van der Waals surface area contributed by atoms with Crippen molar-refractivity contribution in [3.05, 3.63) is 28.3 Å². The second-order valence-corrected chi connectivity index (χ2v) is 3.85. The maximum absolute atomic E-state index is 12.4. The molecule has 0 unspecified atom stereocenters. The Hall–Kier alpha value is -1.52. The van der Waals surface area contributed by atoms with Crippen molar-refractivity contribution < 1.29 is 22.7 Å². The molecule has 0 aromatic heterocycles. The summed E-state index contributed by atoms with van der Waals surface area (Å²) in [6.45, 7) is 4.58. The van der Waals surface area contributed by atoms with Crippen LogP contribution < -0.4 is 4.74 Å². The fourth-order valence-corrected chi connectivity index (χ4v) is 1.75.